The Morgan fingerprint density at radius 3 is 2.50 bits per heavy atom. The number of carbonyl (C=O) groups is 1. The van der Waals surface area contributed by atoms with Gasteiger partial charge in [-0.25, -0.2) is 0 Å². The van der Waals surface area contributed by atoms with Crippen molar-refractivity contribution in [2.45, 2.75) is 13.8 Å². The molecule has 0 aliphatic rings. The fourth-order valence-electron chi connectivity index (χ4n) is 1.91. The van der Waals surface area contributed by atoms with Crippen molar-refractivity contribution < 1.29 is 9.53 Å². The first-order valence-electron chi connectivity index (χ1n) is 6.41. The van der Waals surface area contributed by atoms with E-state index < -0.39 is 0 Å². The summed E-state index contributed by atoms with van der Waals surface area (Å²) in [6.07, 6.45) is 0. The minimum Gasteiger partial charge on any atom is -0.481 e. The zero-order chi connectivity index (χ0) is 14.5. The number of nitrogens with two attached hydrogens (primary N) is 1. The second-order valence-electron chi connectivity index (χ2n) is 4.65. The van der Waals surface area contributed by atoms with E-state index in [1.54, 1.807) is 6.07 Å². The predicted molar refractivity (Wildman–Crippen MR) is 80.9 cm³/mol. The summed E-state index contributed by atoms with van der Waals surface area (Å²) in [6.45, 7) is 3.77. The molecule has 0 radical (unpaired) electrons. The van der Waals surface area contributed by atoms with Crippen LogP contribution >= 0.6 is 0 Å². The van der Waals surface area contributed by atoms with Gasteiger partial charge in [-0.15, -0.1) is 0 Å². The van der Waals surface area contributed by atoms with Crippen LogP contribution in [-0.2, 0) is 4.79 Å². The summed E-state index contributed by atoms with van der Waals surface area (Å²) in [6, 6.07) is 13.1. The van der Waals surface area contributed by atoms with Gasteiger partial charge in [-0.05, 0) is 37.1 Å². The van der Waals surface area contributed by atoms with E-state index in [4.69, 9.17) is 10.5 Å². The second kappa shape index (κ2) is 6.10. The van der Waals surface area contributed by atoms with E-state index in [9.17, 15) is 4.79 Å². The minimum absolute atomic E-state index is 0.0661. The van der Waals surface area contributed by atoms with Gasteiger partial charge in [0.1, 0.15) is 5.75 Å². The molecule has 2 aromatic rings. The van der Waals surface area contributed by atoms with Crippen LogP contribution in [0.1, 0.15) is 11.1 Å². The minimum atomic E-state index is -0.207. The lowest BCUT2D eigenvalue weighted by molar-refractivity contribution is -0.118. The van der Waals surface area contributed by atoms with Crippen LogP contribution in [-0.4, -0.2) is 12.5 Å². The maximum atomic E-state index is 11.9. The third-order valence-electron chi connectivity index (χ3n) is 3.01. The standard InChI is InChI=1S/C16H18N2O2/c1-11-6-3-4-9-14(11)18-15(19)10-20-16-12(2)7-5-8-13(16)17/h3-9H,10,17H2,1-2H3,(H,18,19). The Bertz CT molecular complexity index is 603. The molecule has 0 fully saturated rings. The van der Waals surface area contributed by atoms with Crippen LogP contribution in [0.4, 0.5) is 11.4 Å². The summed E-state index contributed by atoms with van der Waals surface area (Å²) in [5, 5.41) is 2.81. The molecule has 0 aromatic heterocycles. The molecule has 4 nitrogen and oxygen atoms in total. The fourth-order valence-corrected chi connectivity index (χ4v) is 1.91. The SMILES string of the molecule is Cc1ccccc1NC(=O)COc1c(C)cccc1N. The van der Waals surface area contributed by atoms with Crippen LogP contribution in [0.3, 0.4) is 0 Å². The number of rotatable bonds is 4. The fraction of sp³-hybridized carbons (Fsp3) is 0.188. The summed E-state index contributed by atoms with van der Waals surface area (Å²) in [4.78, 5) is 11.9. The normalized spacial score (nSPS) is 10.1. The van der Waals surface area contributed by atoms with E-state index in [2.05, 4.69) is 5.32 Å². The number of hydrogen-bond donors (Lipinski definition) is 2. The van der Waals surface area contributed by atoms with E-state index in [1.165, 1.54) is 0 Å². The van der Waals surface area contributed by atoms with Crippen LogP contribution in [0.5, 0.6) is 5.75 Å². The van der Waals surface area contributed by atoms with Crippen LogP contribution in [0.25, 0.3) is 0 Å². The number of anilines is 2. The van der Waals surface area contributed by atoms with Gasteiger partial charge >= 0.3 is 0 Å². The van der Waals surface area contributed by atoms with Crippen molar-refractivity contribution in [1.82, 2.24) is 0 Å². The summed E-state index contributed by atoms with van der Waals surface area (Å²) in [7, 11) is 0. The van der Waals surface area contributed by atoms with Crippen molar-refractivity contribution in [2.75, 3.05) is 17.7 Å². The van der Waals surface area contributed by atoms with Gasteiger partial charge in [0.25, 0.3) is 5.91 Å². The van der Waals surface area contributed by atoms with Gasteiger partial charge in [-0.1, -0.05) is 30.3 Å². The maximum Gasteiger partial charge on any atom is 0.262 e. The molecule has 20 heavy (non-hydrogen) atoms. The molecule has 0 saturated carbocycles. The number of benzene rings is 2. The van der Waals surface area contributed by atoms with Gasteiger partial charge in [0.05, 0.1) is 5.69 Å². The highest BCUT2D eigenvalue weighted by molar-refractivity contribution is 5.92. The summed E-state index contributed by atoms with van der Waals surface area (Å²) < 4.78 is 5.50. The average molecular weight is 270 g/mol. The molecule has 0 aliphatic carbocycles. The van der Waals surface area contributed by atoms with Crippen molar-refractivity contribution >= 4 is 17.3 Å². The van der Waals surface area contributed by atoms with Gasteiger partial charge in [-0.2, -0.15) is 0 Å². The zero-order valence-electron chi connectivity index (χ0n) is 11.6. The highest BCUT2D eigenvalue weighted by Gasteiger charge is 2.08. The Morgan fingerprint density at radius 1 is 1.10 bits per heavy atom. The number of aryl methyl sites for hydroxylation is 2. The Labute approximate surface area is 118 Å². The van der Waals surface area contributed by atoms with Crippen LogP contribution in [0.2, 0.25) is 0 Å². The van der Waals surface area contributed by atoms with Crippen LogP contribution in [0, 0.1) is 13.8 Å². The highest BCUT2D eigenvalue weighted by atomic mass is 16.5. The van der Waals surface area contributed by atoms with Gasteiger partial charge in [0.15, 0.2) is 6.61 Å². The molecular weight excluding hydrogens is 252 g/mol. The second-order valence-corrected chi connectivity index (χ2v) is 4.65. The molecule has 104 valence electrons. The summed E-state index contributed by atoms with van der Waals surface area (Å²) in [5.74, 6) is 0.356. The molecule has 0 unspecified atom stereocenters. The van der Waals surface area contributed by atoms with Crippen molar-refractivity contribution in [3.8, 4) is 5.75 Å². The Morgan fingerprint density at radius 2 is 1.80 bits per heavy atom. The number of carbonyl (C=O) groups excluding carboxylic acids is 1. The molecule has 2 rings (SSSR count). The Kier molecular flexibility index (Phi) is 4.25. The van der Waals surface area contributed by atoms with E-state index in [0.29, 0.717) is 11.4 Å². The lowest BCUT2D eigenvalue weighted by Gasteiger charge is -2.12. The molecule has 2 aromatic carbocycles. The number of nitrogen functional groups attached to an aromatic ring is 1. The number of ether oxygens (including phenoxy) is 1. The van der Waals surface area contributed by atoms with E-state index >= 15 is 0 Å². The Balaban J connectivity index is 1.98. The lowest BCUT2D eigenvalue weighted by Crippen LogP contribution is -2.21. The van der Waals surface area contributed by atoms with E-state index in [-0.39, 0.29) is 12.5 Å². The molecule has 0 aliphatic heterocycles. The van der Waals surface area contributed by atoms with Gasteiger partial charge in [0.2, 0.25) is 0 Å². The molecule has 1 amide bonds. The van der Waals surface area contributed by atoms with Crippen molar-refractivity contribution in [2.24, 2.45) is 0 Å². The first-order valence-corrected chi connectivity index (χ1v) is 6.41. The van der Waals surface area contributed by atoms with Crippen LogP contribution in [0.15, 0.2) is 42.5 Å². The van der Waals surface area contributed by atoms with E-state index in [0.717, 1.165) is 16.8 Å². The molecule has 3 N–H and O–H groups in total. The number of nitrogens with one attached hydrogen (secondary N) is 1. The lowest BCUT2D eigenvalue weighted by atomic mass is 10.2. The van der Waals surface area contributed by atoms with Gasteiger partial charge < -0.3 is 15.8 Å². The first kappa shape index (κ1) is 13.9. The molecule has 0 spiro atoms. The first-order chi connectivity index (χ1) is 9.58. The van der Waals surface area contributed by atoms with E-state index in [1.807, 2.05) is 50.2 Å². The smallest absolute Gasteiger partial charge is 0.262 e. The molecule has 0 atom stereocenters. The molecular formula is C16H18N2O2. The molecule has 4 heteroatoms. The topological polar surface area (TPSA) is 64.3 Å². The summed E-state index contributed by atoms with van der Waals surface area (Å²) >= 11 is 0. The molecule has 0 heterocycles. The monoisotopic (exact) mass is 270 g/mol. The highest BCUT2D eigenvalue weighted by Crippen LogP contribution is 2.25. The predicted octanol–water partition coefficient (Wildman–Crippen LogP) is 2.90. The van der Waals surface area contributed by atoms with Crippen molar-refractivity contribution in [3.05, 3.63) is 53.6 Å². The quantitative estimate of drug-likeness (QED) is 0.840. The van der Waals surface area contributed by atoms with Crippen molar-refractivity contribution in [1.29, 1.82) is 0 Å². The van der Waals surface area contributed by atoms with Gasteiger partial charge in [-0.3, -0.25) is 4.79 Å². The third-order valence-corrected chi connectivity index (χ3v) is 3.01. The zero-order valence-corrected chi connectivity index (χ0v) is 11.6. The average Bonchev–Trinajstić information content (AvgIpc) is 2.41. The number of amides is 1. The Hall–Kier alpha value is -2.49. The van der Waals surface area contributed by atoms with Crippen molar-refractivity contribution in [3.63, 3.8) is 0 Å². The molecule has 0 bridgehead atoms. The van der Waals surface area contributed by atoms with Gasteiger partial charge in [0, 0.05) is 5.69 Å². The largest absolute Gasteiger partial charge is 0.481 e. The third kappa shape index (κ3) is 3.29. The number of hydrogen-bond acceptors (Lipinski definition) is 3. The number of para-hydroxylation sites is 2. The van der Waals surface area contributed by atoms with Crippen LogP contribution < -0.4 is 15.8 Å². The maximum absolute atomic E-state index is 11.9. The summed E-state index contributed by atoms with van der Waals surface area (Å²) in [5.41, 5.74) is 9.08. The molecule has 0 saturated heterocycles.